The molecule has 156 valence electrons. The maximum atomic E-state index is 2.97. The second-order valence-electron chi connectivity index (χ2n) is 12.6. The van der Waals surface area contributed by atoms with Crippen molar-refractivity contribution in [3.05, 3.63) is 11.1 Å². The van der Waals surface area contributed by atoms with Crippen LogP contribution in [0.2, 0.25) is 0 Å². The summed E-state index contributed by atoms with van der Waals surface area (Å²) in [5.41, 5.74) is 6.11. The van der Waals surface area contributed by atoms with E-state index in [0.717, 1.165) is 11.8 Å². The predicted octanol–water partition coefficient (Wildman–Crippen LogP) is 7.12. The van der Waals surface area contributed by atoms with Crippen LogP contribution in [0.15, 0.2) is 11.1 Å². The molecular formula is C27H43N. The van der Waals surface area contributed by atoms with Crippen molar-refractivity contribution in [3.8, 4) is 0 Å². The molecule has 4 saturated carbocycles. The SMILES string of the molecule is CC1=C2CC3(CN4CC45CCCC5)CCC(C4CCCCC4)C2(CC1)C3(C)C. The molecule has 1 nitrogen and oxygen atoms in total. The van der Waals surface area contributed by atoms with Crippen molar-refractivity contribution >= 4 is 0 Å². The molecule has 6 aliphatic rings. The van der Waals surface area contributed by atoms with Crippen molar-refractivity contribution in [2.45, 2.75) is 116 Å². The molecule has 4 unspecified atom stereocenters. The van der Waals surface area contributed by atoms with Crippen molar-refractivity contribution in [1.29, 1.82) is 0 Å². The minimum absolute atomic E-state index is 0.496. The lowest BCUT2D eigenvalue weighted by atomic mass is 9.45. The van der Waals surface area contributed by atoms with Crippen LogP contribution >= 0.6 is 0 Å². The van der Waals surface area contributed by atoms with Crippen molar-refractivity contribution in [1.82, 2.24) is 4.90 Å². The zero-order chi connectivity index (χ0) is 19.2. The van der Waals surface area contributed by atoms with E-state index in [0.29, 0.717) is 21.8 Å². The third-order valence-corrected chi connectivity index (χ3v) is 11.8. The Labute approximate surface area is 173 Å². The van der Waals surface area contributed by atoms with E-state index in [1.807, 2.05) is 11.1 Å². The first-order valence-corrected chi connectivity index (χ1v) is 12.9. The highest BCUT2D eigenvalue weighted by Crippen LogP contribution is 2.79. The minimum Gasteiger partial charge on any atom is -0.294 e. The van der Waals surface area contributed by atoms with Gasteiger partial charge >= 0.3 is 0 Å². The summed E-state index contributed by atoms with van der Waals surface area (Å²) in [4.78, 5) is 2.97. The van der Waals surface area contributed by atoms with Gasteiger partial charge in [0, 0.05) is 24.0 Å². The summed E-state index contributed by atoms with van der Waals surface area (Å²) >= 11 is 0. The Hall–Kier alpha value is -0.300. The first kappa shape index (κ1) is 18.5. The van der Waals surface area contributed by atoms with Crippen LogP contribution in [0, 0.1) is 28.1 Å². The van der Waals surface area contributed by atoms with Crippen LogP contribution in [0.3, 0.4) is 0 Å². The highest BCUT2D eigenvalue weighted by atomic mass is 15.4. The van der Waals surface area contributed by atoms with E-state index in [1.54, 1.807) is 6.42 Å². The minimum atomic E-state index is 0.496. The van der Waals surface area contributed by atoms with Gasteiger partial charge in [0.25, 0.3) is 0 Å². The van der Waals surface area contributed by atoms with E-state index < -0.39 is 0 Å². The maximum absolute atomic E-state index is 2.97. The fourth-order valence-electron chi connectivity index (χ4n) is 9.97. The van der Waals surface area contributed by atoms with Crippen molar-refractivity contribution in [2.75, 3.05) is 13.1 Å². The third-order valence-electron chi connectivity index (χ3n) is 11.8. The van der Waals surface area contributed by atoms with Crippen LogP contribution in [0.5, 0.6) is 0 Å². The lowest BCUT2D eigenvalue weighted by Gasteiger charge is -2.60. The van der Waals surface area contributed by atoms with Crippen LogP contribution < -0.4 is 0 Å². The Morgan fingerprint density at radius 1 is 0.893 bits per heavy atom. The van der Waals surface area contributed by atoms with Crippen molar-refractivity contribution in [3.63, 3.8) is 0 Å². The molecule has 1 heteroatoms. The summed E-state index contributed by atoms with van der Waals surface area (Å²) in [6.07, 6.45) is 21.0. The second kappa shape index (κ2) is 5.89. The summed E-state index contributed by atoms with van der Waals surface area (Å²) in [6.45, 7) is 10.9. The Kier molecular flexibility index (Phi) is 3.89. The predicted molar refractivity (Wildman–Crippen MR) is 117 cm³/mol. The van der Waals surface area contributed by atoms with Crippen LogP contribution in [-0.2, 0) is 0 Å². The largest absolute Gasteiger partial charge is 0.294 e. The van der Waals surface area contributed by atoms with Gasteiger partial charge in [-0.2, -0.15) is 0 Å². The Balaban J connectivity index is 1.36. The summed E-state index contributed by atoms with van der Waals surface area (Å²) in [7, 11) is 0. The van der Waals surface area contributed by atoms with Gasteiger partial charge in [0.2, 0.25) is 0 Å². The second-order valence-corrected chi connectivity index (χ2v) is 12.6. The highest BCUT2D eigenvalue weighted by molar-refractivity contribution is 5.41. The fraction of sp³-hybridized carbons (Fsp3) is 0.926. The zero-order valence-corrected chi connectivity index (χ0v) is 18.9. The van der Waals surface area contributed by atoms with Crippen LogP contribution in [0.1, 0.15) is 111 Å². The smallest absolute Gasteiger partial charge is 0.0337 e. The molecule has 5 fully saturated rings. The Bertz CT molecular complexity index is 689. The molecule has 0 N–H and O–H groups in total. The van der Waals surface area contributed by atoms with Crippen LogP contribution in [-0.4, -0.2) is 23.5 Å². The van der Waals surface area contributed by atoms with E-state index in [1.165, 1.54) is 96.6 Å². The number of nitrogens with zero attached hydrogens (tertiary/aromatic N) is 1. The first-order chi connectivity index (χ1) is 13.4. The number of allylic oxidation sites excluding steroid dienone is 2. The summed E-state index contributed by atoms with van der Waals surface area (Å²) in [5, 5.41) is 0. The van der Waals surface area contributed by atoms with Gasteiger partial charge in [0.15, 0.2) is 0 Å². The van der Waals surface area contributed by atoms with E-state index >= 15 is 0 Å². The summed E-state index contributed by atoms with van der Waals surface area (Å²) in [6, 6.07) is 0. The molecule has 0 aromatic carbocycles. The first-order valence-electron chi connectivity index (χ1n) is 12.9. The standard InChI is InChI=1S/C27H43N/c1-20-11-16-27-22(21-9-5-4-6-10-21)12-15-25(17-23(20)27,24(27,2)3)18-28-19-26(28)13-7-8-14-26/h21-22H,4-19H2,1-3H3. The number of hydrogen-bond acceptors (Lipinski definition) is 1. The Morgan fingerprint density at radius 3 is 2.39 bits per heavy atom. The number of fused-ring (bicyclic) bond motifs is 1. The zero-order valence-electron chi connectivity index (χ0n) is 18.9. The number of rotatable bonds is 3. The van der Waals surface area contributed by atoms with Gasteiger partial charge in [-0.05, 0) is 74.5 Å². The molecule has 0 aromatic rings. The molecule has 28 heavy (non-hydrogen) atoms. The molecule has 5 aliphatic carbocycles. The van der Waals surface area contributed by atoms with Crippen LogP contribution in [0.4, 0.5) is 0 Å². The molecule has 6 rings (SSSR count). The van der Waals surface area contributed by atoms with Gasteiger partial charge in [-0.1, -0.05) is 69.9 Å². The molecule has 1 aliphatic heterocycles. The van der Waals surface area contributed by atoms with Gasteiger partial charge < -0.3 is 0 Å². The molecule has 0 radical (unpaired) electrons. The van der Waals surface area contributed by atoms with Gasteiger partial charge in [0.05, 0.1) is 0 Å². The summed E-state index contributed by atoms with van der Waals surface area (Å²) < 4.78 is 0. The fourth-order valence-corrected chi connectivity index (χ4v) is 9.97. The van der Waals surface area contributed by atoms with Gasteiger partial charge in [0.1, 0.15) is 0 Å². The third kappa shape index (κ3) is 2.13. The molecule has 1 saturated heterocycles. The van der Waals surface area contributed by atoms with Crippen molar-refractivity contribution in [2.24, 2.45) is 28.1 Å². The van der Waals surface area contributed by atoms with E-state index in [-0.39, 0.29) is 0 Å². The Morgan fingerprint density at radius 2 is 1.64 bits per heavy atom. The summed E-state index contributed by atoms with van der Waals surface area (Å²) in [5.74, 6) is 2.04. The van der Waals surface area contributed by atoms with Crippen LogP contribution in [0.25, 0.3) is 0 Å². The number of hydrogen-bond donors (Lipinski definition) is 0. The van der Waals surface area contributed by atoms with E-state index in [9.17, 15) is 0 Å². The van der Waals surface area contributed by atoms with Gasteiger partial charge in [-0.3, -0.25) is 4.90 Å². The highest BCUT2D eigenvalue weighted by Gasteiger charge is 2.72. The van der Waals surface area contributed by atoms with E-state index in [4.69, 9.17) is 0 Å². The topological polar surface area (TPSA) is 3.01 Å². The molecule has 2 bridgehead atoms. The molecule has 0 amide bonds. The normalized spacial score (nSPS) is 46.4. The molecule has 4 atom stereocenters. The monoisotopic (exact) mass is 381 g/mol. The lowest BCUT2D eigenvalue weighted by molar-refractivity contribution is -0.105. The van der Waals surface area contributed by atoms with Gasteiger partial charge in [-0.15, -0.1) is 0 Å². The average Bonchev–Trinajstić information content (AvgIpc) is 2.93. The van der Waals surface area contributed by atoms with E-state index in [2.05, 4.69) is 25.7 Å². The quantitative estimate of drug-likeness (QED) is 0.371. The average molecular weight is 382 g/mol. The molecule has 1 heterocycles. The molecular weight excluding hydrogens is 338 g/mol. The molecule has 0 aromatic heterocycles. The molecule has 2 spiro atoms. The van der Waals surface area contributed by atoms with Crippen molar-refractivity contribution < 1.29 is 0 Å². The maximum Gasteiger partial charge on any atom is 0.0337 e. The lowest BCUT2D eigenvalue weighted by Crippen LogP contribution is -2.55. The van der Waals surface area contributed by atoms with Gasteiger partial charge in [-0.25, -0.2) is 0 Å².